The first kappa shape index (κ1) is 13.2. The lowest BCUT2D eigenvalue weighted by Gasteiger charge is -2.11. The number of rotatable bonds is 1. The van der Waals surface area contributed by atoms with E-state index in [0.717, 1.165) is 12.1 Å². The molecular formula is C8H7BrF3N3S. The molecule has 0 saturated heterocycles. The Kier molecular flexibility index (Phi) is 4.11. The molecule has 0 bridgehead atoms. The molecular weight excluding hydrogens is 307 g/mol. The largest absolute Gasteiger partial charge is 0.416 e. The van der Waals surface area contributed by atoms with E-state index in [1.54, 1.807) is 0 Å². The fraction of sp³-hybridized carbons (Fsp3) is 0.125. The number of nitrogens with two attached hydrogens (primary N) is 1. The van der Waals surface area contributed by atoms with Crippen LogP contribution in [0.2, 0.25) is 0 Å². The van der Waals surface area contributed by atoms with Gasteiger partial charge >= 0.3 is 6.18 Å². The molecule has 0 amide bonds. The maximum absolute atomic E-state index is 12.4. The molecule has 1 rings (SSSR count). The van der Waals surface area contributed by atoms with Crippen LogP contribution >= 0.6 is 28.1 Å². The van der Waals surface area contributed by atoms with E-state index in [2.05, 4.69) is 38.9 Å². The van der Waals surface area contributed by atoms with E-state index in [0.29, 0.717) is 4.47 Å². The normalized spacial score (nSPS) is 11.1. The lowest BCUT2D eigenvalue weighted by atomic mass is 10.2. The van der Waals surface area contributed by atoms with Gasteiger partial charge in [0.1, 0.15) is 0 Å². The third kappa shape index (κ3) is 3.62. The first-order chi connectivity index (χ1) is 7.32. The number of hydrogen-bond donors (Lipinski definition) is 3. The molecule has 0 aromatic heterocycles. The summed E-state index contributed by atoms with van der Waals surface area (Å²) in [5, 5.41) is 2.54. The summed E-state index contributed by atoms with van der Waals surface area (Å²) in [6.45, 7) is 0. The average Bonchev–Trinajstić information content (AvgIpc) is 2.15. The zero-order chi connectivity index (χ0) is 12.3. The van der Waals surface area contributed by atoms with Gasteiger partial charge in [0.15, 0.2) is 5.11 Å². The van der Waals surface area contributed by atoms with E-state index in [4.69, 9.17) is 5.84 Å². The van der Waals surface area contributed by atoms with Crippen LogP contribution in [0, 0.1) is 0 Å². The standard InChI is InChI=1S/C8H7BrF3N3S/c9-5-1-4(8(10,11)12)2-6(3-5)14-7(16)15-13/h1-3H,13H2,(H2,14,15,16). The van der Waals surface area contributed by atoms with Crippen molar-refractivity contribution in [3.05, 3.63) is 28.2 Å². The van der Waals surface area contributed by atoms with E-state index in [1.165, 1.54) is 6.07 Å². The number of hydrazine groups is 1. The number of hydrogen-bond acceptors (Lipinski definition) is 2. The van der Waals surface area contributed by atoms with Gasteiger partial charge in [-0.25, -0.2) is 5.84 Å². The molecule has 4 N–H and O–H groups in total. The van der Waals surface area contributed by atoms with Crippen molar-refractivity contribution in [2.24, 2.45) is 5.84 Å². The van der Waals surface area contributed by atoms with Gasteiger partial charge in [0.25, 0.3) is 0 Å². The van der Waals surface area contributed by atoms with Crippen molar-refractivity contribution in [2.45, 2.75) is 6.18 Å². The number of nitrogens with one attached hydrogen (secondary N) is 2. The molecule has 0 aliphatic rings. The van der Waals surface area contributed by atoms with Crippen LogP contribution in [0.5, 0.6) is 0 Å². The van der Waals surface area contributed by atoms with Crippen molar-refractivity contribution in [1.82, 2.24) is 5.43 Å². The lowest BCUT2D eigenvalue weighted by Crippen LogP contribution is -2.34. The molecule has 0 aliphatic carbocycles. The molecule has 0 atom stereocenters. The van der Waals surface area contributed by atoms with E-state index in [1.807, 2.05) is 0 Å². The van der Waals surface area contributed by atoms with E-state index < -0.39 is 11.7 Å². The minimum absolute atomic E-state index is 0.0335. The second kappa shape index (κ2) is 4.98. The van der Waals surface area contributed by atoms with Gasteiger partial charge in [0.05, 0.1) is 5.56 Å². The van der Waals surface area contributed by atoms with Gasteiger partial charge < -0.3 is 10.7 Å². The Morgan fingerprint density at radius 2 is 1.94 bits per heavy atom. The Balaban J connectivity index is 3.04. The summed E-state index contributed by atoms with van der Waals surface area (Å²) >= 11 is 7.66. The van der Waals surface area contributed by atoms with Crippen LogP contribution in [-0.4, -0.2) is 5.11 Å². The molecule has 0 fully saturated rings. The first-order valence-electron chi connectivity index (χ1n) is 3.98. The van der Waals surface area contributed by atoms with Crippen molar-refractivity contribution in [1.29, 1.82) is 0 Å². The van der Waals surface area contributed by atoms with E-state index in [-0.39, 0.29) is 10.8 Å². The predicted molar refractivity (Wildman–Crippen MR) is 62.7 cm³/mol. The topological polar surface area (TPSA) is 50.1 Å². The molecule has 1 aromatic carbocycles. The predicted octanol–water partition coefficient (Wildman–Crippen LogP) is 2.63. The summed E-state index contributed by atoms with van der Waals surface area (Å²) in [7, 11) is 0. The molecule has 1 aromatic rings. The zero-order valence-electron chi connectivity index (χ0n) is 7.73. The molecule has 0 saturated carbocycles. The molecule has 3 nitrogen and oxygen atoms in total. The molecule has 0 aliphatic heterocycles. The highest BCUT2D eigenvalue weighted by molar-refractivity contribution is 9.10. The summed E-state index contributed by atoms with van der Waals surface area (Å²) < 4.78 is 37.6. The van der Waals surface area contributed by atoms with E-state index in [9.17, 15) is 13.2 Å². The second-order valence-corrected chi connectivity index (χ2v) is 4.15. The minimum Gasteiger partial charge on any atom is -0.332 e. The quantitative estimate of drug-likeness (QED) is 0.424. The summed E-state index contributed by atoms with van der Waals surface area (Å²) in [4.78, 5) is 0. The third-order valence-corrected chi connectivity index (χ3v) is 2.29. The summed E-state index contributed by atoms with van der Waals surface area (Å²) in [6, 6.07) is 3.37. The van der Waals surface area contributed by atoms with Crippen LogP contribution in [0.1, 0.15) is 5.56 Å². The lowest BCUT2D eigenvalue weighted by molar-refractivity contribution is -0.137. The summed E-state index contributed by atoms with van der Waals surface area (Å²) in [5.41, 5.74) is 1.54. The third-order valence-electron chi connectivity index (χ3n) is 1.61. The van der Waals surface area contributed by atoms with E-state index >= 15 is 0 Å². The zero-order valence-corrected chi connectivity index (χ0v) is 10.1. The number of benzene rings is 1. The van der Waals surface area contributed by atoms with Crippen LogP contribution in [0.4, 0.5) is 18.9 Å². The Bertz CT molecular complexity index is 408. The van der Waals surface area contributed by atoms with Gasteiger partial charge in [0, 0.05) is 10.2 Å². The monoisotopic (exact) mass is 313 g/mol. The molecule has 0 unspecified atom stereocenters. The van der Waals surface area contributed by atoms with Gasteiger partial charge in [-0.1, -0.05) is 15.9 Å². The number of anilines is 1. The molecule has 0 spiro atoms. The fourth-order valence-corrected chi connectivity index (χ4v) is 1.60. The Hall–Kier alpha value is -0.860. The van der Waals surface area contributed by atoms with Crippen LogP contribution in [0.3, 0.4) is 0 Å². The first-order valence-corrected chi connectivity index (χ1v) is 5.18. The Labute approximate surface area is 103 Å². The highest BCUT2D eigenvalue weighted by atomic mass is 79.9. The van der Waals surface area contributed by atoms with Crippen LogP contribution in [0.15, 0.2) is 22.7 Å². The number of halogens is 4. The van der Waals surface area contributed by atoms with Crippen LogP contribution < -0.4 is 16.6 Å². The molecule has 0 heterocycles. The van der Waals surface area contributed by atoms with Crippen LogP contribution in [-0.2, 0) is 6.18 Å². The van der Waals surface area contributed by atoms with Gasteiger partial charge in [0.2, 0.25) is 0 Å². The Morgan fingerprint density at radius 3 is 2.44 bits per heavy atom. The van der Waals surface area contributed by atoms with Gasteiger partial charge in [-0.2, -0.15) is 13.2 Å². The summed E-state index contributed by atoms with van der Waals surface area (Å²) in [5.74, 6) is 4.99. The smallest absolute Gasteiger partial charge is 0.332 e. The maximum atomic E-state index is 12.4. The average molecular weight is 314 g/mol. The van der Waals surface area contributed by atoms with Gasteiger partial charge in [-0.3, -0.25) is 0 Å². The van der Waals surface area contributed by atoms with Crippen molar-refractivity contribution >= 4 is 38.9 Å². The van der Waals surface area contributed by atoms with Crippen molar-refractivity contribution < 1.29 is 13.2 Å². The Morgan fingerprint density at radius 1 is 1.31 bits per heavy atom. The van der Waals surface area contributed by atoms with Crippen molar-refractivity contribution in [2.75, 3.05) is 5.32 Å². The fourth-order valence-electron chi connectivity index (χ4n) is 0.993. The molecule has 88 valence electrons. The molecule has 16 heavy (non-hydrogen) atoms. The SMILES string of the molecule is NNC(=S)Nc1cc(Br)cc(C(F)(F)F)c1. The van der Waals surface area contributed by atoms with Gasteiger partial charge in [-0.05, 0) is 30.4 Å². The number of thiocarbonyl (C=S) groups is 1. The van der Waals surface area contributed by atoms with Crippen LogP contribution in [0.25, 0.3) is 0 Å². The van der Waals surface area contributed by atoms with Crippen molar-refractivity contribution in [3.63, 3.8) is 0 Å². The van der Waals surface area contributed by atoms with Crippen molar-refractivity contribution in [3.8, 4) is 0 Å². The molecule has 8 heteroatoms. The highest BCUT2D eigenvalue weighted by Gasteiger charge is 2.31. The highest BCUT2D eigenvalue weighted by Crippen LogP contribution is 2.33. The minimum atomic E-state index is -4.40. The number of alkyl halides is 3. The summed E-state index contributed by atoms with van der Waals surface area (Å²) in [6.07, 6.45) is -4.40. The molecule has 0 radical (unpaired) electrons. The van der Waals surface area contributed by atoms with Gasteiger partial charge in [-0.15, -0.1) is 0 Å². The second-order valence-electron chi connectivity index (χ2n) is 2.82. The maximum Gasteiger partial charge on any atom is 0.416 e.